The number of carbonyl (C=O) groups is 3. The smallest absolute Gasteiger partial charge is 0.325 e. The van der Waals surface area contributed by atoms with Crippen LogP contribution in [-0.2, 0) is 14.3 Å². The molecule has 1 heterocycles. The van der Waals surface area contributed by atoms with E-state index in [1.54, 1.807) is 12.1 Å². The van der Waals surface area contributed by atoms with E-state index in [-0.39, 0.29) is 29.8 Å². The summed E-state index contributed by atoms with van der Waals surface area (Å²) in [5, 5.41) is 5.51. The average Bonchev–Trinajstić information content (AvgIpc) is 2.74. The molecule has 1 atom stereocenters. The maximum Gasteiger partial charge on any atom is 0.325 e. The van der Waals surface area contributed by atoms with Crippen molar-refractivity contribution in [3.05, 3.63) is 58.1 Å². The Kier molecular flexibility index (Phi) is 7.37. The van der Waals surface area contributed by atoms with Gasteiger partial charge in [-0.3, -0.25) is 14.4 Å². The molecule has 10 heteroatoms. The second kappa shape index (κ2) is 10.2. The molecule has 2 amide bonds. The molecule has 3 rings (SSSR count). The molecular formula is C20H18Cl2N2O6. The van der Waals surface area contributed by atoms with Crippen LogP contribution in [0.4, 0.5) is 0 Å². The van der Waals surface area contributed by atoms with Gasteiger partial charge in [-0.05, 0) is 30.3 Å². The second-order valence-electron chi connectivity index (χ2n) is 6.27. The fourth-order valence-corrected chi connectivity index (χ4v) is 3.06. The molecule has 2 aromatic rings. The molecule has 0 aliphatic carbocycles. The summed E-state index contributed by atoms with van der Waals surface area (Å²) in [6.45, 7) is -0.422. The van der Waals surface area contributed by atoms with E-state index in [9.17, 15) is 14.4 Å². The van der Waals surface area contributed by atoms with E-state index in [4.69, 9.17) is 37.4 Å². The van der Waals surface area contributed by atoms with Crippen molar-refractivity contribution < 1.29 is 28.6 Å². The summed E-state index contributed by atoms with van der Waals surface area (Å²) >= 11 is 11.7. The SMILES string of the molecule is O=C(COC(=O)CNC(=O)c1ccc(Cl)cc1Cl)NCC1COc2ccccc2O1. The average molecular weight is 453 g/mol. The number of carbonyl (C=O) groups excluding carboxylic acids is 3. The predicted octanol–water partition coefficient (Wildman–Crippen LogP) is 2.22. The van der Waals surface area contributed by atoms with Gasteiger partial charge in [-0.25, -0.2) is 0 Å². The van der Waals surface area contributed by atoms with Crippen molar-refractivity contribution in [3.63, 3.8) is 0 Å². The Labute approximate surface area is 182 Å². The molecule has 0 radical (unpaired) electrons. The highest BCUT2D eigenvalue weighted by molar-refractivity contribution is 6.36. The summed E-state index contributed by atoms with van der Waals surface area (Å²) in [7, 11) is 0. The highest BCUT2D eigenvalue weighted by Gasteiger charge is 2.21. The molecule has 1 aliphatic heterocycles. The highest BCUT2D eigenvalue weighted by Crippen LogP contribution is 2.30. The summed E-state index contributed by atoms with van der Waals surface area (Å²) in [5.41, 5.74) is 0.169. The van der Waals surface area contributed by atoms with E-state index in [1.807, 2.05) is 12.1 Å². The molecule has 2 aromatic carbocycles. The summed E-state index contributed by atoms with van der Waals surface area (Å²) in [6.07, 6.45) is -0.358. The van der Waals surface area contributed by atoms with Crippen molar-refractivity contribution in [3.8, 4) is 11.5 Å². The van der Waals surface area contributed by atoms with Crippen LogP contribution in [0.5, 0.6) is 11.5 Å². The molecular weight excluding hydrogens is 435 g/mol. The standard InChI is InChI=1S/C20H18Cl2N2O6/c21-12-5-6-14(15(22)7-12)20(27)24-9-19(26)29-11-18(25)23-8-13-10-28-16-3-1-2-4-17(16)30-13/h1-7,13H,8-11H2,(H,23,25)(H,24,27). The first-order valence-electron chi connectivity index (χ1n) is 8.96. The fourth-order valence-electron chi connectivity index (χ4n) is 2.56. The number of halogens is 2. The van der Waals surface area contributed by atoms with Crippen LogP contribution in [0.25, 0.3) is 0 Å². The first-order chi connectivity index (χ1) is 14.4. The number of nitrogens with one attached hydrogen (secondary N) is 2. The number of amides is 2. The van der Waals surface area contributed by atoms with Gasteiger partial charge in [-0.1, -0.05) is 35.3 Å². The Morgan fingerprint density at radius 2 is 1.83 bits per heavy atom. The molecule has 1 aliphatic rings. The molecule has 8 nitrogen and oxygen atoms in total. The van der Waals surface area contributed by atoms with Gasteiger partial charge in [0.25, 0.3) is 11.8 Å². The van der Waals surface area contributed by atoms with Gasteiger partial charge in [0.15, 0.2) is 18.1 Å². The van der Waals surface area contributed by atoms with Gasteiger partial charge in [-0.15, -0.1) is 0 Å². The van der Waals surface area contributed by atoms with Gasteiger partial charge in [-0.2, -0.15) is 0 Å². The molecule has 1 unspecified atom stereocenters. The molecule has 0 bridgehead atoms. The van der Waals surface area contributed by atoms with E-state index < -0.39 is 30.9 Å². The highest BCUT2D eigenvalue weighted by atomic mass is 35.5. The van der Waals surface area contributed by atoms with Crippen LogP contribution in [0.3, 0.4) is 0 Å². The molecule has 0 saturated carbocycles. The van der Waals surface area contributed by atoms with E-state index in [0.29, 0.717) is 16.5 Å². The van der Waals surface area contributed by atoms with Gasteiger partial charge in [0.1, 0.15) is 19.3 Å². The van der Waals surface area contributed by atoms with Gasteiger partial charge in [0.05, 0.1) is 17.1 Å². The van der Waals surface area contributed by atoms with E-state index in [0.717, 1.165) is 0 Å². The Balaban J connectivity index is 1.34. The second-order valence-corrected chi connectivity index (χ2v) is 7.11. The van der Waals surface area contributed by atoms with Gasteiger partial charge in [0, 0.05) is 5.02 Å². The van der Waals surface area contributed by atoms with Crippen molar-refractivity contribution in [2.75, 3.05) is 26.3 Å². The minimum absolute atomic E-state index is 0.157. The Hall–Kier alpha value is -2.97. The molecule has 30 heavy (non-hydrogen) atoms. The van der Waals surface area contributed by atoms with Crippen LogP contribution >= 0.6 is 23.2 Å². The molecule has 158 valence electrons. The zero-order valence-electron chi connectivity index (χ0n) is 15.7. The first-order valence-corrected chi connectivity index (χ1v) is 9.72. The van der Waals surface area contributed by atoms with Crippen LogP contribution in [0.2, 0.25) is 10.0 Å². The molecule has 0 aromatic heterocycles. The van der Waals surface area contributed by atoms with Crippen molar-refractivity contribution >= 4 is 41.0 Å². The quantitative estimate of drug-likeness (QED) is 0.624. The predicted molar refractivity (Wildman–Crippen MR) is 109 cm³/mol. The largest absolute Gasteiger partial charge is 0.486 e. The number of para-hydroxylation sites is 2. The lowest BCUT2D eigenvalue weighted by Crippen LogP contribution is -2.42. The maximum absolute atomic E-state index is 12.0. The van der Waals surface area contributed by atoms with Crippen LogP contribution in [0, 0.1) is 0 Å². The first kappa shape index (κ1) is 21.7. The summed E-state index contributed by atoms with van der Waals surface area (Å²) in [6, 6.07) is 11.6. The Morgan fingerprint density at radius 3 is 2.60 bits per heavy atom. The maximum atomic E-state index is 12.0. The van der Waals surface area contributed by atoms with Gasteiger partial charge >= 0.3 is 5.97 Å². The molecule has 2 N–H and O–H groups in total. The third kappa shape index (κ3) is 6.01. The lowest BCUT2D eigenvalue weighted by molar-refractivity contribution is -0.147. The lowest BCUT2D eigenvalue weighted by atomic mass is 10.2. The number of hydrogen-bond donors (Lipinski definition) is 2. The number of esters is 1. The summed E-state index contributed by atoms with van der Waals surface area (Å²) in [5.74, 6) is -0.581. The van der Waals surface area contributed by atoms with Crippen molar-refractivity contribution in [2.45, 2.75) is 6.10 Å². The topological polar surface area (TPSA) is 103 Å². The van der Waals surface area contributed by atoms with Gasteiger partial charge in [0.2, 0.25) is 0 Å². The fraction of sp³-hybridized carbons (Fsp3) is 0.250. The number of hydrogen-bond acceptors (Lipinski definition) is 6. The van der Waals surface area contributed by atoms with E-state index in [2.05, 4.69) is 10.6 Å². The van der Waals surface area contributed by atoms with Crippen LogP contribution in [-0.4, -0.2) is 50.2 Å². The van der Waals surface area contributed by atoms with E-state index >= 15 is 0 Å². The minimum Gasteiger partial charge on any atom is -0.486 e. The Morgan fingerprint density at radius 1 is 1.07 bits per heavy atom. The number of benzene rings is 2. The summed E-state index contributed by atoms with van der Waals surface area (Å²) < 4.78 is 16.1. The third-order valence-corrected chi connectivity index (χ3v) is 4.58. The van der Waals surface area contributed by atoms with Crippen molar-refractivity contribution in [1.82, 2.24) is 10.6 Å². The lowest BCUT2D eigenvalue weighted by Gasteiger charge is -2.26. The zero-order chi connectivity index (χ0) is 21.5. The van der Waals surface area contributed by atoms with Gasteiger partial charge < -0.3 is 24.8 Å². The summed E-state index contributed by atoms with van der Waals surface area (Å²) in [4.78, 5) is 35.7. The number of rotatable bonds is 7. The molecule has 0 fully saturated rings. The van der Waals surface area contributed by atoms with Crippen LogP contribution in [0.1, 0.15) is 10.4 Å². The van der Waals surface area contributed by atoms with Crippen molar-refractivity contribution in [1.29, 1.82) is 0 Å². The number of ether oxygens (including phenoxy) is 3. The number of fused-ring (bicyclic) bond motifs is 1. The van der Waals surface area contributed by atoms with Crippen molar-refractivity contribution in [2.24, 2.45) is 0 Å². The minimum atomic E-state index is -0.769. The van der Waals surface area contributed by atoms with Crippen LogP contribution < -0.4 is 20.1 Å². The van der Waals surface area contributed by atoms with E-state index in [1.165, 1.54) is 18.2 Å². The zero-order valence-corrected chi connectivity index (χ0v) is 17.2. The Bertz CT molecular complexity index is 953. The van der Waals surface area contributed by atoms with Crippen LogP contribution in [0.15, 0.2) is 42.5 Å². The molecule has 0 saturated heterocycles. The normalized spacial score (nSPS) is 14.5. The third-order valence-electron chi connectivity index (χ3n) is 4.03. The molecule has 0 spiro atoms. The monoisotopic (exact) mass is 452 g/mol.